The number of hydrogen-bond acceptors (Lipinski definition) is 3. The van der Waals surface area contributed by atoms with Crippen molar-refractivity contribution in [1.82, 2.24) is 5.32 Å². The highest BCUT2D eigenvalue weighted by molar-refractivity contribution is 6.21. The Morgan fingerprint density at radius 2 is 1.81 bits per heavy atom. The molecule has 1 aliphatic carbocycles. The van der Waals surface area contributed by atoms with E-state index in [1.807, 2.05) is 6.07 Å². The smallest absolute Gasteiger partial charge is 0.259 e. The normalized spacial score (nSPS) is 24.6. The van der Waals surface area contributed by atoms with Gasteiger partial charge in [-0.1, -0.05) is 19.8 Å². The molecule has 112 valence electrons. The molecule has 0 bridgehead atoms. The lowest BCUT2D eigenvalue weighted by Gasteiger charge is -2.29. The molecule has 3 rings (SSSR count). The van der Waals surface area contributed by atoms with E-state index in [0.29, 0.717) is 17.2 Å². The second-order valence-electron chi connectivity index (χ2n) is 6.19. The van der Waals surface area contributed by atoms with Crippen molar-refractivity contribution in [2.24, 2.45) is 5.92 Å². The van der Waals surface area contributed by atoms with Crippen LogP contribution in [0.25, 0.3) is 0 Å². The van der Waals surface area contributed by atoms with Crippen molar-refractivity contribution < 1.29 is 9.59 Å². The topological polar surface area (TPSA) is 58.2 Å². The van der Waals surface area contributed by atoms with Crippen molar-refractivity contribution in [3.8, 4) is 0 Å². The van der Waals surface area contributed by atoms with E-state index in [4.69, 9.17) is 0 Å². The third-order valence-electron chi connectivity index (χ3n) is 4.65. The van der Waals surface area contributed by atoms with Gasteiger partial charge in [-0.15, -0.1) is 0 Å². The Bertz CT molecular complexity index is 560. The molecule has 0 atom stereocenters. The number of rotatable bonds is 4. The van der Waals surface area contributed by atoms with Gasteiger partial charge in [0.05, 0.1) is 11.1 Å². The van der Waals surface area contributed by atoms with Crippen LogP contribution >= 0.6 is 0 Å². The molecule has 2 aliphatic rings. The van der Waals surface area contributed by atoms with Gasteiger partial charge in [0, 0.05) is 11.7 Å². The van der Waals surface area contributed by atoms with E-state index in [0.717, 1.165) is 11.6 Å². The molecule has 1 fully saturated rings. The van der Waals surface area contributed by atoms with Crippen molar-refractivity contribution in [2.75, 3.05) is 5.32 Å². The lowest BCUT2D eigenvalue weighted by molar-refractivity contribution is 0.0879. The predicted octanol–water partition coefficient (Wildman–Crippen LogP) is 3.34. The second-order valence-corrected chi connectivity index (χ2v) is 6.19. The van der Waals surface area contributed by atoms with Gasteiger partial charge in [-0.25, -0.2) is 0 Å². The van der Waals surface area contributed by atoms with Crippen molar-refractivity contribution in [3.63, 3.8) is 0 Å². The van der Waals surface area contributed by atoms with Gasteiger partial charge in [0.1, 0.15) is 0 Å². The summed E-state index contributed by atoms with van der Waals surface area (Å²) in [6.45, 7) is 2.25. The van der Waals surface area contributed by atoms with Crippen LogP contribution in [0.4, 0.5) is 5.69 Å². The van der Waals surface area contributed by atoms with Gasteiger partial charge in [0.15, 0.2) is 0 Å². The predicted molar refractivity (Wildman–Crippen MR) is 82.5 cm³/mol. The molecule has 0 aromatic heterocycles. The number of fused-ring (bicyclic) bond motifs is 1. The Balaban J connectivity index is 1.63. The Kier molecular flexibility index (Phi) is 3.95. The average Bonchev–Trinajstić information content (AvgIpc) is 2.76. The van der Waals surface area contributed by atoms with E-state index in [1.165, 1.54) is 38.5 Å². The third kappa shape index (κ3) is 2.94. The zero-order valence-corrected chi connectivity index (χ0v) is 12.4. The molecule has 0 saturated heterocycles. The van der Waals surface area contributed by atoms with Gasteiger partial charge >= 0.3 is 0 Å². The van der Waals surface area contributed by atoms with Crippen molar-refractivity contribution in [3.05, 3.63) is 29.3 Å². The first-order valence-corrected chi connectivity index (χ1v) is 7.93. The Hall–Kier alpha value is -1.84. The summed E-state index contributed by atoms with van der Waals surface area (Å²) in [4.78, 5) is 23.2. The summed E-state index contributed by atoms with van der Waals surface area (Å²) in [6.07, 6.45) is 7.56. The zero-order chi connectivity index (χ0) is 14.8. The van der Waals surface area contributed by atoms with Gasteiger partial charge in [0.25, 0.3) is 11.8 Å². The van der Waals surface area contributed by atoms with Crippen LogP contribution in [0.5, 0.6) is 0 Å². The highest BCUT2D eigenvalue weighted by atomic mass is 16.2. The maximum atomic E-state index is 11.7. The molecule has 1 saturated carbocycles. The fraction of sp³-hybridized carbons (Fsp3) is 0.529. The summed E-state index contributed by atoms with van der Waals surface area (Å²) >= 11 is 0. The molecule has 4 heteroatoms. The quantitative estimate of drug-likeness (QED) is 0.835. The summed E-state index contributed by atoms with van der Waals surface area (Å²) in [5.41, 5.74) is 1.92. The molecule has 1 aliphatic heterocycles. The molecule has 21 heavy (non-hydrogen) atoms. The van der Waals surface area contributed by atoms with Gasteiger partial charge in [-0.3, -0.25) is 14.9 Å². The minimum Gasteiger partial charge on any atom is -0.382 e. The zero-order valence-electron chi connectivity index (χ0n) is 12.4. The standard InChI is InChI=1S/C17H22N2O2/c1-2-3-11-4-6-12(7-5-11)18-13-8-9-14-15(10-13)17(21)19-16(14)20/h8-12,18H,2-7H2,1H3,(H,19,20,21). The van der Waals surface area contributed by atoms with E-state index in [-0.39, 0.29) is 11.8 Å². The molecule has 0 radical (unpaired) electrons. The number of carbonyl (C=O) groups excluding carboxylic acids is 2. The van der Waals surface area contributed by atoms with Gasteiger partial charge in [-0.2, -0.15) is 0 Å². The Morgan fingerprint density at radius 1 is 1.10 bits per heavy atom. The highest BCUT2D eigenvalue weighted by Crippen LogP contribution is 2.30. The van der Waals surface area contributed by atoms with Crippen LogP contribution in [0.15, 0.2) is 18.2 Å². The van der Waals surface area contributed by atoms with E-state index in [2.05, 4.69) is 17.6 Å². The minimum absolute atomic E-state index is 0.287. The molecular formula is C17H22N2O2. The number of carbonyl (C=O) groups is 2. The third-order valence-corrected chi connectivity index (χ3v) is 4.65. The molecule has 1 heterocycles. The lowest BCUT2D eigenvalue weighted by Crippen LogP contribution is -2.26. The first-order chi connectivity index (χ1) is 10.2. The van der Waals surface area contributed by atoms with Gasteiger partial charge < -0.3 is 5.32 Å². The van der Waals surface area contributed by atoms with Crippen LogP contribution in [-0.2, 0) is 0 Å². The van der Waals surface area contributed by atoms with E-state index in [9.17, 15) is 9.59 Å². The fourth-order valence-corrected chi connectivity index (χ4v) is 3.50. The lowest BCUT2D eigenvalue weighted by atomic mass is 9.83. The number of imide groups is 1. The maximum Gasteiger partial charge on any atom is 0.259 e. The number of amides is 2. The van der Waals surface area contributed by atoms with Gasteiger partial charge in [-0.05, 0) is 49.8 Å². The number of anilines is 1. The SMILES string of the molecule is CCCC1CCC(Nc2ccc3c(c2)C(=O)NC3=O)CC1. The molecule has 2 N–H and O–H groups in total. The van der Waals surface area contributed by atoms with Crippen LogP contribution in [0, 0.1) is 5.92 Å². The summed E-state index contributed by atoms with van der Waals surface area (Å²) in [6, 6.07) is 5.92. The van der Waals surface area contributed by atoms with E-state index >= 15 is 0 Å². The second kappa shape index (κ2) is 5.88. The van der Waals surface area contributed by atoms with Crippen molar-refractivity contribution in [2.45, 2.75) is 51.5 Å². The number of hydrogen-bond donors (Lipinski definition) is 2. The van der Waals surface area contributed by atoms with Crippen molar-refractivity contribution >= 4 is 17.5 Å². The molecule has 1 aromatic rings. The summed E-state index contributed by atoms with van der Waals surface area (Å²) < 4.78 is 0. The molecule has 0 unspecified atom stereocenters. The number of nitrogens with one attached hydrogen (secondary N) is 2. The van der Waals surface area contributed by atoms with E-state index < -0.39 is 0 Å². The van der Waals surface area contributed by atoms with Crippen LogP contribution < -0.4 is 10.6 Å². The Morgan fingerprint density at radius 3 is 2.52 bits per heavy atom. The number of benzene rings is 1. The van der Waals surface area contributed by atoms with Crippen LogP contribution in [0.1, 0.15) is 66.2 Å². The minimum atomic E-state index is -0.290. The molecular weight excluding hydrogens is 264 g/mol. The van der Waals surface area contributed by atoms with E-state index in [1.54, 1.807) is 12.1 Å². The fourth-order valence-electron chi connectivity index (χ4n) is 3.50. The largest absolute Gasteiger partial charge is 0.382 e. The summed E-state index contributed by atoms with van der Waals surface area (Å²) in [7, 11) is 0. The maximum absolute atomic E-state index is 11.7. The van der Waals surface area contributed by atoms with Crippen molar-refractivity contribution in [1.29, 1.82) is 0 Å². The first-order valence-electron chi connectivity index (χ1n) is 7.93. The van der Waals surface area contributed by atoms with Crippen LogP contribution in [-0.4, -0.2) is 17.9 Å². The molecule has 4 nitrogen and oxygen atoms in total. The van der Waals surface area contributed by atoms with Gasteiger partial charge in [0.2, 0.25) is 0 Å². The summed E-state index contributed by atoms with van der Waals surface area (Å²) in [5, 5.41) is 5.84. The summed E-state index contributed by atoms with van der Waals surface area (Å²) in [5.74, 6) is 0.309. The first kappa shape index (κ1) is 14.1. The molecule has 0 spiro atoms. The Labute approximate surface area is 125 Å². The molecule has 1 aromatic carbocycles. The monoisotopic (exact) mass is 286 g/mol. The van der Waals surface area contributed by atoms with Crippen LogP contribution in [0.3, 0.4) is 0 Å². The van der Waals surface area contributed by atoms with Crippen LogP contribution in [0.2, 0.25) is 0 Å². The molecule has 2 amide bonds. The highest BCUT2D eigenvalue weighted by Gasteiger charge is 2.27. The average molecular weight is 286 g/mol.